The van der Waals surface area contributed by atoms with E-state index in [9.17, 15) is 23.7 Å². The number of carbonyl (C=O) groups is 1. The molecule has 0 bridgehead atoms. The van der Waals surface area contributed by atoms with Crippen LogP contribution in [-0.2, 0) is 4.79 Å². The maximum absolute atomic E-state index is 13.5. The van der Waals surface area contributed by atoms with E-state index in [-0.39, 0.29) is 17.1 Å². The van der Waals surface area contributed by atoms with Crippen molar-refractivity contribution in [2.24, 2.45) is 0 Å². The number of nitrogens with zero attached hydrogens (tertiary/aromatic N) is 1. The van der Waals surface area contributed by atoms with Gasteiger partial charge >= 0.3 is 5.69 Å². The van der Waals surface area contributed by atoms with Crippen LogP contribution in [0.25, 0.3) is 0 Å². The molecular weight excluding hydrogens is 322 g/mol. The Kier molecular flexibility index (Phi) is 5.08. The van der Waals surface area contributed by atoms with Crippen LogP contribution in [0.1, 0.15) is 11.1 Å². The van der Waals surface area contributed by atoms with E-state index in [1.54, 1.807) is 19.9 Å². The summed E-state index contributed by atoms with van der Waals surface area (Å²) in [6.07, 6.45) is 0. The number of benzene rings is 2. The molecule has 1 amide bonds. The van der Waals surface area contributed by atoms with Gasteiger partial charge in [0.1, 0.15) is 11.6 Å². The predicted octanol–water partition coefficient (Wildman–Crippen LogP) is 3.51. The third-order valence-corrected chi connectivity index (χ3v) is 3.15. The topological polar surface area (TPSA) is 81.5 Å². The number of hydrogen-bond acceptors (Lipinski definition) is 4. The second-order valence-electron chi connectivity index (χ2n) is 5.15. The Morgan fingerprint density at radius 2 is 1.96 bits per heavy atom. The van der Waals surface area contributed by atoms with Gasteiger partial charge in [-0.3, -0.25) is 14.9 Å². The number of nitro groups is 1. The van der Waals surface area contributed by atoms with Gasteiger partial charge in [-0.1, -0.05) is 6.07 Å². The molecule has 0 saturated heterocycles. The van der Waals surface area contributed by atoms with E-state index in [0.717, 1.165) is 12.1 Å². The van der Waals surface area contributed by atoms with Crippen molar-refractivity contribution in [1.29, 1.82) is 0 Å². The number of nitrogens with one attached hydrogen (secondary N) is 1. The van der Waals surface area contributed by atoms with Crippen LogP contribution in [0, 0.1) is 35.6 Å². The predicted molar refractivity (Wildman–Crippen MR) is 83.1 cm³/mol. The summed E-state index contributed by atoms with van der Waals surface area (Å²) in [7, 11) is 0. The Hall–Kier alpha value is -3.03. The third kappa shape index (κ3) is 4.03. The molecule has 126 valence electrons. The summed E-state index contributed by atoms with van der Waals surface area (Å²) in [5.74, 6) is -2.45. The molecule has 2 aromatic carbocycles. The van der Waals surface area contributed by atoms with Gasteiger partial charge in [-0.25, -0.2) is 8.78 Å². The quantitative estimate of drug-likeness (QED) is 0.669. The van der Waals surface area contributed by atoms with Crippen molar-refractivity contribution >= 4 is 17.3 Å². The lowest BCUT2D eigenvalue weighted by atomic mass is 10.1. The van der Waals surface area contributed by atoms with Crippen LogP contribution in [0.5, 0.6) is 5.75 Å². The van der Waals surface area contributed by atoms with E-state index < -0.39 is 29.1 Å². The zero-order valence-electron chi connectivity index (χ0n) is 12.9. The lowest BCUT2D eigenvalue weighted by molar-refractivity contribution is -0.385. The number of ether oxygens (including phenoxy) is 1. The van der Waals surface area contributed by atoms with Gasteiger partial charge in [-0.2, -0.15) is 0 Å². The maximum Gasteiger partial charge on any atom is 0.311 e. The number of aryl methyl sites for hydroxylation is 2. The van der Waals surface area contributed by atoms with Crippen LogP contribution in [0.2, 0.25) is 0 Å². The van der Waals surface area contributed by atoms with Gasteiger partial charge in [0, 0.05) is 12.1 Å². The lowest BCUT2D eigenvalue weighted by Gasteiger charge is -2.11. The molecule has 2 aromatic rings. The molecule has 0 unspecified atom stereocenters. The van der Waals surface area contributed by atoms with Crippen molar-refractivity contribution in [3.8, 4) is 5.75 Å². The molecule has 0 saturated carbocycles. The standard InChI is InChI=1S/C16H14F2N2O4/c1-9-5-10(2)16(14(6-9)20(22)23)24-8-15(21)19-13-4-3-11(17)7-12(13)18/h3-7H,8H2,1-2H3,(H,19,21). The number of hydrogen-bond donors (Lipinski definition) is 1. The first kappa shape index (κ1) is 17.3. The fourth-order valence-electron chi connectivity index (χ4n) is 2.17. The Balaban J connectivity index is 2.10. The molecule has 0 fully saturated rings. The van der Waals surface area contributed by atoms with Crippen LogP contribution in [0.4, 0.5) is 20.2 Å². The molecule has 2 rings (SSSR count). The summed E-state index contributed by atoms with van der Waals surface area (Å²) in [4.78, 5) is 22.3. The SMILES string of the molecule is Cc1cc(C)c(OCC(=O)Nc2ccc(F)cc2F)c([N+](=O)[O-])c1. The number of amides is 1. The molecule has 0 heterocycles. The van der Waals surface area contributed by atoms with Crippen molar-refractivity contribution in [3.05, 3.63) is 63.2 Å². The maximum atomic E-state index is 13.5. The fourth-order valence-corrected chi connectivity index (χ4v) is 2.17. The van der Waals surface area contributed by atoms with E-state index in [2.05, 4.69) is 5.32 Å². The number of rotatable bonds is 5. The lowest BCUT2D eigenvalue weighted by Crippen LogP contribution is -2.21. The molecule has 8 heteroatoms. The monoisotopic (exact) mass is 336 g/mol. The number of anilines is 1. The molecule has 0 aliphatic carbocycles. The normalized spacial score (nSPS) is 10.3. The van der Waals surface area contributed by atoms with Crippen LogP contribution >= 0.6 is 0 Å². The van der Waals surface area contributed by atoms with Crippen LogP contribution in [0.15, 0.2) is 30.3 Å². The van der Waals surface area contributed by atoms with Gasteiger partial charge in [0.05, 0.1) is 10.6 Å². The van der Waals surface area contributed by atoms with Gasteiger partial charge in [0.25, 0.3) is 5.91 Å². The molecular formula is C16H14F2N2O4. The minimum absolute atomic E-state index is 0.0275. The number of halogens is 2. The molecule has 0 atom stereocenters. The van der Waals surface area contributed by atoms with Crippen LogP contribution < -0.4 is 10.1 Å². The fraction of sp³-hybridized carbons (Fsp3) is 0.188. The zero-order valence-corrected chi connectivity index (χ0v) is 12.9. The van der Waals surface area contributed by atoms with Crippen molar-refractivity contribution in [3.63, 3.8) is 0 Å². The van der Waals surface area contributed by atoms with Gasteiger partial charge in [0.2, 0.25) is 5.75 Å². The average Bonchev–Trinajstić information content (AvgIpc) is 2.48. The highest BCUT2D eigenvalue weighted by molar-refractivity contribution is 5.92. The molecule has 24 heavy (non-hydrogen) atoms. The van der Waals surface area contributed by atoms with Crippen molar-refractivity contribution in [1.82, 2.24) is 0 Å². The largest absolute Gasteiger partial charge is 0.477 e. The van der Waals surface area contributed by atoms with Gasteiger partial charge in [-0.05, 0) is 37.1 Å². The summed E-state index contributed by atoms with van der Waals surface area (Å²) in [6.45, 7) is 2.77. The van der Waals surface area contributed by atoms with Crippen molar-refractivity contribution in [2.75, 3.05) is 11.9 Å². The van der Waals surface area contributed by atoms with Crippen LogP contribution in [-0.4, -0.2) is 17.4 Å². The molecule has 0 aliphatic rings. The highest BCUT2D eigenvalue weighted by Crippen LogP contribution is 2.32. The summed E-state index contributed by atoms with van der Waals surface area (Å²) < 4.78 is 31.5. The second kappa shape index (κ2) is 7.03. The summed E-state index contributed by atoms with van der Waals surface area (Å²) in [5, 5.41) is 13.3. The van der Waals surface area contributed by atoms with Crippen molar-refractivity contribution in [2.45, 2.75) is 13.8 Å². The minimum atomic E-state index is -0.930. The summed E-state index contributed by atoms with van der Waals surface area (Å²) in [5.41, 5.74) is 0.722. The highest BCUT2D eigenvalue weighted by atomic mass is 19.1. The first-order valence-corrected chi connectivity index (χ1v) is 6.91. The van der Waals surface area contributed by atoms with E-state index in [1.165, 1.54) is 6.07 Å². The summed E-state index contributed by atoms with van der Waals surface area (Å²) in [6, 6.07) is 5.71. The Morgan fingerprint density at radius 1 is 1.25 bits per heavy atom. The van der Waals surface area contributed by atoms with E-state index in [4.69, 9.17) is 4.74 Å². The van der Waals surface area contributed by atoms with Gasteiger partial charge in [-0.15, -0.1) is 0 Å². The minimum Gasteiger partial charge on any atom is -0.477 e. The molecule has 0 spiro atoms. The van der Waals surface area contributed by atoms with Crippen LogP contribution in [0.3, 0.4) is 0 Å². The zero-order chi connectivity index (χ0) is 17.9. The number of nitro benzene ring substituents is 1. The Labute approximate surface area is 136 Å². The molecule has 0 radical (unpaired) electrons. The average molecular weight is 336 g/mol. The first-order valence-electron chi connectivity index (χ1n) is 6.91. The highest BCUT2D eigenvalue weighted by Gasteiger charge is 2.19. The third-order valence-electron chi connectivity index (χ3n) is 3.15. The Morgan fingerprint density at radius 3 is 2.58 bits per heavy atom. The summed E-state index contributed by atoms with van der Waals surface area (Å²) >= 11 is 0. The van der Waals surface area contributed by atoms with Gasteiger partial charge in [0.15, 0.2) is 6.61 Å². The molecule has 0 aromatic heterocycles. The smallest absolute Gasteiger partial charge is 0.311 e. The van der Waals surface area contributed by atoms with E-state index in [0.29, 0.717) is 17.2 Å². The number of carbonyl (C=O) groups excluding carboxylic acids is 1. The van der Waals surface area contributed by atoms with Gasteiger partial charge < -0.3 is 10.1 Å². The molecule has 0 aliphatic heterocycles. The Bertz CT molecular complexity index is 809. The van der Waals surface area contributed by atoms with E-state index >= 15 is 0 Å². The van der Waals surface area contributed by atoms with E-state index in [1.807, 2.05) is 0 Å². The van der Waals surface area contributed by atoms with Crippen molar-refractivity contribution < 1.29 is 23.2 Å². The second-order valence-corrected chi connectivity index (χ2v) is 5.15. The first-order chi connectivity index (χ1) is 11.3. The molecule has 6 nitrogen and oxygen atoms in total. The molecule has 1 N–H and O–H groups in total.